The Labute approximate surface area is 442 Å². The minimum atomic E-state index is -3.76. The molecule has 6 heterocycles. The summed E-state index contributed by atoms with van der Waals surface area (Å²) in [5, 5.41) is 11.9. The van der Waals surface area contributed by atoms with E-state index in [4.69, 9.17) is 28.9 Å². The van der Waals surface area contributed by atoms with E-state index in [2.05, 4.69) is 30.6 Å². The molecule has 2 saturated heterocycles. The summed E-state index contributed by atoms with van der Waals surface area (Å²) in [6.07, 6.45) is 5.35. The third-order valence-electron chi connectivity index (χ3n) is 11.2. The molecular formula is C50H60F2N10O8S4. The van der Waals surface area contributed by atoms with Crippen LogP contribution in [0.5, 0.6) is 11.8 Å². The number of halogens is 2. The van der Waals surface area contributed by atoms with E-state index in [0.717, 1.165) is 48.8 Å². The number of aromatic nitrogens is 6. The lowest BCUT2D eigenvalue weighted by Crippen LogP contribution is -2.47. The molecule has 2 N–H and O–H groups in total. The zero-order valence-corrected chi connectivity index (χ0v) is 46.1. The van der Waals surface area contributed by atoms with E-state index in [1.165, 1.54) is 65.8 Å². The van der Waals surface area contributed by atoms with Crippen LogP contribution in [0.25, 0.3) is 43.7 Å². The van der Waals surface area contributed by atoms with E-state index in [1.54, 1.807) is 46.6 Å². The van der Waals surface area contributed by atoms with Crippen LogP contribution in [0.2, 0.25) is 0 Å². The van der Waals surface area contributed by atoms with Crippen molar-refractivity contribution >= 4 is 68.1 Å². The van der Waals surface area contributed by atoms with Crippen LogP contribution in [0.15, 0.2) is 69.6 Å². The third-order valence-corrected chi connectivity index (χ3v) is 14.3. The average molecular weight is 1100 g/mol. The minimum absolute atomic E-state index is 0.0316. The number of sulfone groups is 1. The highest BCUT2D eigenvalue weighted by atomic mass is 32.2. The number of nitrogens with zero attached hydrogens (tertiary/aromatic N) is 8. The largest absolute Gasteiger partial charge is 0.480 e. The van der Waals surface area contributed by atoms with Gasteiger partial charge in [0, 0.05) is 66.4 Å². The maximum atomic E-state index is 13.4. The molecule has 2 fully saturated rings. The summed E-state index contributed by atoms with van der Waals surface area (Å²) in [6.45, 7) is 13.1. The van der Waals surface area contributed by atoms with Crippen molar-refractivity contribution in [3.63, 3.8) is 0 Å². The lowest BCUT2D eigenvalue weighted by molar-refractivity contribution is 0.0196. The fourth-order valence-electron chi connectivity index (χ4n) is 7.83. The molecule has 0 aliphatic carbocycles. The van der Waals surface area contributed by atoms with Gasteiger partial charge in [-0.15, -0.1) is 22.7 Å². The molecule has 8 rings (SSSR count). The maximum absolute atomic E-state index is 13.4. The van der Waals surface area contributed by atoms with Crippen molar-refractivity contribution in [2.45, 2.75) is 101 Å². The molecule has 2 atom stereocenters. The fourth-order valence-corrected chi connectivity index (χ4v) is 10.4. The van der Waals surface area contributed by atoms with Crippen LogP contribution in [0.4, 0.5) is 30.0 Å². The Hall–Kier alpha value is -6.24. The number of piperidine rings is 2. The van der Waals surface area contributed by atoms with E-state index in [-0.39, 0.29) is 41.5 Å². The lowest BCUT2D eigenvalue weighted by Gasteiger charge is -2.34. The Balaban J connectivity index is 0.000000217. The number of likely N-dealkylation sites (tertiary alicyclic amines) is 2. The molecule has 18 nitrogen and oxygen atoms in total. The number of carbonyl (C=O) groups excluding carboxylic acids is 2. The van der Waals surface area contributed by atoms with Crippen molar-refractivity contribution in [3.8, 4) is 55.4 Å². The number of carbonyl (C=O) groups is 2. The van der Waals surface area contributed by atoms with Gasteiger partial charge in [0.1, 0.15) is 55.6 Å². The molecule has 2 aromatic carbocycles. The number of hydrogen-bond acceptors (Lipinski definition) is 19. The van der Waals surface area contributed by atoms with Crippen molar-refractivity contribution < 1.29 is 45.7 Å². The van der Waals surface area contributed by atoms with Gasteiger partial charge in [-0.3, -0.25) is 0 Å². The van der Waals surface area contributed by atoms with Crippen molar-refractivity contribution in [2.24, 2.45) is 0 Å². The number of amides is 2. The lowest BCUT2D eigenvalue weighted by atomic mass is 10.1. The minimum Gasteiger partial charge on any atom is -0.480 e. The average Bonchev–Trinajstić information content (AvgIpc) is 4.04. The van der Waals surface area contributed by atoms with E-state index in [9.17, 15) is 26.8 Å². The molecule has 0 spiro atoms. The number of benzene rings is 2. The van der Waals surface area contributed by atoms with Gasteiger partial charge in [0.2, 0.25) is 21.6 Å². The number of hydrogen-bond donors (Lipinski definition) is 2. The zero-order chi connectivity index (χ0) is 53.5. The second-order valence-electron chi connectivity index (χ2n) is 19.4. The Morgan fingerprint density at radius 2 is 1.08 bits per heavy atom. The number of thioether (sulfide) groups is 1. The molecule has 0 saturated carbocycles. The second kappa shape index (κ2) is 23.5. The summed E-state index contributed by atoms with van der Waals surface area (Å²) in [4.78, 5) is 55.9. The normalized spacial score (nSPS) is 16.2. The van der Waals surface area contributed by atoms with Crippen LogP contribution < -0.4 is 20.1 Å². The molecule has 0 radical (unpaired) electrons. The summed E-state index contributed by atoms with van der Waals surface area (Å²) < 4.78 is 73.7. The monoisotopic (exact) mass is 1090 g/mol. The van der Waals surface area contributed by atoms with Crippen LogP contribution in [0.1, 0.15) is 67.2 Å². The molecule has 2 aliphatic rings. The molecule has 0 bridgehead atoms. The van der Waals surface area contributed by atoms with Crippen molar-refractivity contribution in [1.29, 1.82) is 0 Å². The Kier molecular flexibility index (Phi) is 17.7. The van der Waals surface area contributed by atoms with Gasteiger partial charge in [0.25, 0.3) is 5.16 Å². The molecule has 396 valence electrons. The Bertz CT molecular complexity index is 3040. The van der Waals surface area contributed by atoms with Gasteiger partial charge in [-0.2, -0.15) is 9.97 Å². The van der Waals surface area contributed by atoms with Gasteiger partial charge in [0.05, 0.1) is 25.6 Å². The number of methoxy groups -OCH3 is 2. The molecule has 2 aliphatic heterocycles. The van der Waals surface area contributed by atoms with Crippen LogP contribution in [0, 0.1) is 11.6 Å². The van der Waals surface area contributed by atoms with Crippen LogP contribution in [-0.4, -0.2) is 137 Å². The molecule has 0 unspecified atom stereocenters. The zero-order valence-electron chi connectivity index (χ0n) is 42.8. The maximum Gasteiger partial charge on any atom is 0.410 e. The molecule has 2 amide bonds. The SMILES string of the molecule is COc1nc(S(C)(=O)=O)nc(N[C@@H]2CCCN(C(=O)OC(C)(C)C)C2)c1-c1nc(-c2ccc(F)cc2)cs1.COc1nc(SC)nc(N[C@@H]2CCCN(C(=O)OC(C)(C)C)C2)c1-c1nc(-c2ccc(F)cc2)cs1. The fraction of sp³-hybridized carbons (Fsp3) is 0.440. The first kappa shape index (κ1) is 55.5. The van der Waals surface area contributed by atoms with Crippen molar-refractivity contribution in [2.75, 3.05) is 63.5 Å². The van der Waals surface area contributed by atoms with Gasteiger partial charge < -0.3 is 39.4 Å². The van der Waals surface area contributed by atoms with E-state index < -0.39 is 32.3 Å². The molecule has 74 heavy (non-hydrogen) atoms. The van der Waals surface area contributed by atoms with E-state index in [1.807, 2.05) is 53.2 Å². The summed E-state index contributed by atoms with van der Waals surface area (Å²) in [5.41, 5.74) is 2.75. The Morgan fingerprint density at radius 3 is 1.47 bits per heavy atom. The summed E-state index contributed by atoms with van der Waals surface area (Å²) in [5.74, 6) is 0.640. The van der Waals surface area contributed by atoms with E-state index in [0.29, 0.717) is 69.9 Å². The van der Waals surface area contributed by atoms with Crippen LogP contribution >= 0.6 is 34.4 Å². The quantitative estimate of drug-likeness (QED) is 0.0861. The topological polar surface area (TPSA) is 213 Å². The van der Waals surface area contributed by atoms with Gasteiger partial charge in [-0.05, 0) is 122 Å². The predicted octanol–water partition coefficient (Wildman–Crippen LogP) is 10.6. The molecular weight excluding hydrogens is 1030 g/mol. The van der Waals surface area contributed by atoms with Gasteiger partial charge in [-0.25, -0.2) is 46.7 Å². The van der Waals surface area contributed by atoms with Crippen LogP contribution in [-0.2, 0) is 19.3 Å². The Morgan fingerprint density at radius 1 is 0.662 bits per heavy atom. The number of ether oxygens (including phenoxy) is 4. The predicted molar refractivity (Wildman–Crippen MR) is 284 cm³/mol. The number of rotatable bonds is 12. The first-order valence-electron chi connectivity index (χ1n) is 23.6. The number of nitrogens with one attached hydrogen (secondary N) is 2. The summed E-state index contributed by atoms with van der Waals surface area (Å²) in [6, 6.07) is 11.9. The smallest absolute Gasteiger partial charge is 0.410 e. The number of anilines is 2. The second-order valence-corrected chi connectivity index (χ2v) is 23.8. The third kappa shape index (κ3) is 14.5. The van der Waals surface area contributed by atoms with Gasteiger partial charge >= 0.3 is 12.2 Å². The molecule has 24 heteroatoms. The van der Waals surface area contributed by atoms with Gasteiger partial charge in [-0.1, -0.05) is 11.8 Å². The van der Waals surface area contributed by atoms with Crippen molar-refractivity contribution in [1.82, 2.24) is 39.7 Å². The highest BCUT2D eigenvalue weighted by molar-refractivity contribution is 7.98. The first-order chi connectivity index (χ1) is 35.0. The summed E-state index contributed by atoms with van der Waals surface area (Å²) in [7, 11) is -0.805. The number of thiazole rings is 2. The van der Waals surface area contributed by atoms with E-state index >= 15 is 0 Å². The molecule has 4 aromatic heterocycles. The standard InChI is InChI=1S/C25H30FN5O5S2.C25H30FN5O3S2/c1-25(2,3)36-24(32)31-12-6-7-17(13-31)27-20-19(21(35-4)30-23(29-20)38(5,33)34)22-28-18(14-37-22)15-8-10-16(26)11-9-15;1-25(2,3)34-24(32)31-12-6-7-17(13-31)27-20-19(21(33-4)30-23(29-20)35-5)22-28-18(14-36-22)15-8-10-16(26)11-9-15/h8-11,14,17H,6-7,12-13H2,1-5H3,(H,27,29,30);8-11,14,17H,6-7,12-13H2,1-5H3,(H,27,29,30)/t2*17-/m11/s1. The highest BCUT2D eigenvalue weighted by Crippen LogP contribution is 2.41. The van der Waals surface area contributed by atoms with Crippen LogP contribution in [0.3, 0.4) is 0 Å². The molecule has 6 aromatic rings. The van der Waals surface area contributed by atoms with Gasteiger partial charge in [0.15, 0.2) is 5.16 Å². The first-order valence-corrected chi connectivity index (χ1v) is 28.5. The van der Waals surface area contributed by atoms with Crippen molar-refractivity contribution in [3.05, 3.63) is 70.9 Å². The highest BCUT2D eigenvalue weighted by Gasteiger charge is 2.32. The summed E-state index contributed by atoms with van der Waals surface area (Å²) >= 11 is 4.14.